The highest BCUT2D eigenvalue weighted by atomic mass is 16.5. The number of hydrogen-bond donors (Lipinski definition) is 0. The van der Waals surface area contributed by atoms with Crippen molar-refractivity contribution in [3.8, 4) is 0 Å². The highest BCUT2D eigenvalue weighted by Gasteiger charge is 2.30. The molecule has 2 aliphatic rings. The SMILES string of the molecule is CC/C=C\OCC1CCC(C2CCC(/C=C/CCC)CC2)CC1. The van der Waals surface area contributed by atoms with Crippen LogP contribution in [0.1, 0.15) is 84.5 Å². The summed E-state index contributed by atoms with van der Waals surface area (Å²) in [6.45, 7) is 5.36. The highest BCUT2D eigenvalue weighted by Crippen LogP contribution is 2.41. The largest absolute Gasteiger partial charge is 0.501 e. The van der Waals surface area contributed by atoms with E-state index in [2.05, 4.69) is 32.1 Å². The molecule has 132 valence electrons. The van der Waals surface area contributed by atoms with Crippen molar-refractivity contribution in [1.29, 1.82) is 0 Å². The molecular formula is C22H38O. The average molecular weight is 319 g/mol. The molecule has 0 saturated heterocycles. The van der Waals surface area contributed by atoms with Crippen LogP contribution in [0.3, 0.4) is 0 Å². The Bertz CT molecular complexity index is 341. The zero-order valence-electron chi connectivity index (χ0n) is 15.5. The normalized spacial score (nSPS) is 32.6. The van der Waals surface area contributed by atoms with E-state index in [9.17, 15) is 0 Å². The first-order valence-electron chi connectivity index (χ1n) is 10.3. The maximum absolute atomic E-state index is 5.67. The lowest BCUT2D eigenvalue weighted by molar-refractivity contribution is 0.113. The Hall–Kier alpha value is -0.720. The minimum atomic E-state index is 0.807. The van der Waals surface area contributed by atoms with Gasteiger partial charge in [-0.1, -0.05) is 38.5 Å². The summed E-state index contributed by atoms with van der Waals surface area (Å²) < 4.78 is 5.67. The second-order valence-electron chi connectivity index (χ2n) is 7.79. The average Bonchev–Trinajstić information content (AvgIpc) is 2.60. The van der Waals surface area contributed by atoms with Crippen LogP contribution in [0, 0.1) is 23.7 Å². The molecule has 0 bridgehead atoms. The van der Waals surface area contributed by atoms with Gasteiger partial charge in [-0.05, 0) is 87.9 Å². The maximum atomic E-state index is 5.67. The molecule has 0 aromatic rings. The fourth-order valence-electron chi connectivity index (χ4n) is 4.45. The van der Waals surface area contributed by atoms with Crippen molar-refractivity contribution in [2.45, 2.75) is 84.5 Å². The van der Waals surface area contributed by atoms with Gasteiger partial charge in [0.1, 0.15) is 0 Å². The second kappa shape index (κ2) is 10.9. The van der Waals surface area contributed by atoms with E-state index in [0.717, 1.165) is 36.7 Å². The predicted molar refractivity (Wildman–Crippen MR) is 100 cm³/mol. The Morgan fingerprint density at radius 2 is 1.48 bits per heavy atom. The van der Waals surface area contributed by atoms with Gasteiger partial charge < -0.3 is 4.74 Å². The summed E-state index contributed by atoms with van der Waals surface area (Å²) in [5.41, 5.74) is 0. The summed E-state index contributed by atoms with van der Waals surface area (Å²) in [5.74, 6) is 3.72. The van der Waals surface area contributed by atoms with E-state index < -0.39 is 0 Å². The van der Waals surface area contributed by atoms with Crippen molar-refractivity contribution in [2.75, 3.05) is 6.61 Å². The molecule has 0 N–H and O–H groups in total. The molecule has 2 saturated carbocycles. The van der Waals surface area contributed by atoms with E-state index in [4.69, 9.17) is 4.74 Å². The molecule has 0 heterocycles. The number of unbranched alkanes of at least 4 members (excludes halogenated alkanes) is 1. The van der Waals surface area contributed by atoms with Crippen molar-refractivity contribution < 1.29 is 4.74 Å². The summed E-state index contributed by atoms with van der Waals surface area (Å²) in [4.78, 5) is 0. The van der Waals surface area contributed by atoms with Crippen LogP contribution in [-0.2, 0) is 4.74 Å². The molecule has 0 radical (unpaired) electrons. The van der Waals surface area contributed by atoms with E-state index >= 15 is 0 Å². The number of rotatable bonds is 8. The van der Waals surface area contributed by atoms with Gasteiger partial charge in [0, 0.05) is 0 Å². The standard InChI is InChI=1S/C22H38O/c1-3-5-7-8-19-9-13-21(14-10-19)22-15-11-20(12-16-22)18-23-17-6-4-2/h6-8,17,19-22H,3-5,9-16,18H2,1-2H3/b8-7+,17-6-. The quantitative estimate of drug-likeness (QED) is 0.349. The van der Waals surface area contributed by atoms with Gasteiger partial charge in [-0.15, -0.1) is 0 Å². The zero-order valence-corrected chi connectivity index (χ0v) is 15.5. The van der Waals surface area contributed by atoms with Gasteiger partial charge >= 0.3 is 0 Å². The third-order valence-corrected chi connectivity index (χ3v) is 6.00. The Morgan fingerprint density at radius 3 is 2.09 bits per heavy atom. The molecule has 0 aromatic carbocycles. The van der Waals surface area contributed by atoms with E-state index in [-0.39, 0.29) is 0 Å². The monoisotopic (exact) mass is 318 g/mol. The molecule has 23 heavy (non-hydrogen) atoms. The minimum absolute atomic E-state index is 0.807. The molecular weight excluding hydrogens is 280 g/mol. The molecule has 0 spiro atoms. The van der Waals surface area contributed by atoms with Gasteiger partial charge in [-0.25, -0.2) is 0 Å². The molecule has 2 aliphatic carbocycles. The smallest absolute Gasteiger partial charge is 0.0901 e. The fourth-order valence-corrected chi connectivity index (χ4v) is 4.45. The Morgan fingerprint density at radius 1 is 0.826 bits per heavy atom. The van der Waals surface area contributed by atoms with Crippen LogP contribution in [-0.4, -0.2) is 6.61 Å². The van der Waals surface area contributed by atoms with E-state index in [1.165, 1.54) is 64.2 Å². The van der Waals surface area contributed by atoms with Crippen LogP contribution in [0.15, 0.2) is 24.5 Å². The number of allylic oxidation sites excluding steroid dienone is 3. The Labute approximate surface area is 144 Å². The van der Waals surface area contributed by atoms with Crippen molar-refractivity contribution in [3.05, 3.63) is 24.5 Å². The van der Waals surface area contributed by atoms with Gasteiger partial charge in [0.15, 0.2) is 0 Å². The summed E-state index contributed by atoms with van der Waals surface area (Å²) in [5, 5.41) is 0. The molecule has 1 heteroatoms. The first kappa shape index (κ1) is 18.6. The van der Waals surface area contributed by atoms with E-state index in [1.54, 1.807) is 0 Å². The zero-order chi connectivity index (χ0) is 16.3. The Kier molecular flexibility index (Phi) is 8.86. The van der Waals surface area contributed by atoms with Gasteiger partial charge in [-0.2, -0.15) is 0 Å². The number of hydrogen-bond acceptors (Lipinski definition) is 1. The minimum Gasteiger partial charge on any atom is -0.501 e. The lowest BCUT2D eigenvalue weighted by atomic mass is 9.69. The van der Waals surface area contributed by atoms with Crippen LogP contribution in [0.5, 0.6) is 0 Å². The molecule has 2 rings (SSSR count). The first-order valence-corrected chi connectivity index (χ1v) is 10.3. The van der Waals surface area contributed by atoms with Crippen LogP contribution >= 0.6 is 0 Å². The Balaban J connectivity index is 1.62. The van der Waals surface area contributed by atoms with Gasteiger partial charge in [-0.3, -0.25) is 0 Å². The van der Waals surface area contributed by atoms with Crippen LogP contribution < -0.4 is 0 Å². The molecule has 0 aliphatic heterocycles. The molecule has 0 aromatic heterocycles. The van der Waals surface area contributed by atoms with Gasteiger partial charge in [0.25, 0.3) is 0 Å². The lowest BCUT2D eigenvalue weighted by Gasteiger charge is -2.37. The summed E-state index contributed by atoms with van der Waals surface area (Å²) in [6.07, 6.45) is 24.1. The summed E-state index contributed by atoms with van der Waals surface area (Å²) >= 11 is 0. The van der Waals surface area contributed by atoms with Gasteiger partial charge in [0.2, 0.25) is 0 Å². The van der Waals surface area contributed by atoms with Crippen molar-refractivity contribution in [3.63, 3.8) is 0 Å². The summed E-state index contributed by atoms with van der Waals surface area (Å²) in [7, 11) is 0. The van der Waals surface area contributed by atoms with Crippen molar-refractivity contribution in [1.82, 2.24) is 0 Å². The van der Waals surface area contributed by atoms with Crippen molar-refractivity contribution >= 4 is 0 Å². The maximum Gasteiger partial charge on any atom is 0.0901 e. The topological polar surface area (TPSA) is 9.23 Å². The third kappa shape index (κ3) is 6.73. The summed E-state index contributed by atoms with van der Waals surface area (Å²) in [6, 6.07) is 0. The first-order chi connectivity index (χ1) is 11.3. The third-order valence-electron chi connectivity index (χ3n) is 6.00. The molecule has 1 nitrogen and oxygen atoms in total. The molecule has 2 fully saturated rings. The molecule has 0 amide bonds. The van der Waals surface area contributed by atoms with Crippen molar-refractivity contribution in [2.24, 2.45) is 23.7 Å². The predicted octanol–water partition coefficient (Wildman–Crippen LogP) is 6.90. The van der Waals surface area contributed by atoms with Crippen LogP contribution in [0.25, 0.3) is 0 Å². The highest BCUT2D eigenvalue weighted by molar-refractivity contribution is 4.92. The van der Waals surface area contributed by atoms with E-state index in [1.807, 2.05) is 6.26 Å². The molecule has 0 unspecified atom stereocenters. The fraction of sp³-hybridized carbons (Fsp3) is 0.818. The van der Waals surface area contributed by atoms with E-state index in [0.29, 0.717) is 0 Å². The number of ether oxygens (including phenoxy) is 1. The second-order valence-corrected chi connectivity index (χ2v) is 7.79. The van der Waals surface area contributed by atoms with Crippen LogP contribution in [0.4, 0.5) is 0 Å². The lowest BCUT2D eigenvalue weighted by Crippen LogP contribution is -2.26. The van der Waals surface area contributed by atoms with Crippen LogP contribution in [0.2, 0.25) is 0 Å². The van der Waals surface area contributed by atoms with Gasteiger partial charge in [0.05, 0.1) is 12.9 Å². The molecule has 0 atom stereocenters.